The fraction of sp³-hybridized carbons (Fsp3) is 0.630. The fourth-order valence-corrected chi connectivity index (χ4v) is 13.6. The van der Waals surface area contributed by atoms with Crippen molar-refractivity contribution in [3.63, 3.8) is 0 Å². The van der Waals surface area contributed by atoms with Gasteiger partial charge in [-0.1, -0.05) is 52.0 Å². The summed E-state index contributed by atoms with van der Waals surface area (Å²) < 4.78 is 20.1. The third-order valence-corrected chi connectivity index (χ3v) is 16.2. The molecule has 5 aliphatic rings. The largest absolute Gasteiger partial charge is 0.465 e. The van der Waals surface area contributed by atoms with Crippen LogP contribution < -0.4 is 10.6 Å². The molecule has 7 rings (SSSR count). The number of aliphatic hydroxyl groups is 1. The molecule has 5 fully saturated rings. The van der Waals surface area contributed by atoms with E-state index < -0.39 is 17.2 Å². The molecular formula is C46H61FN2O5. The monoisotopic (exact) mass is 740 g/mol. The van der Waals surface area contributed by atoms with Gasteiger partial charge in [0.2, 0.25) is 5.91 Å². The summed E-state index contributed by atoms with van der Waals surface area (Å²) >= 11 is 0. The Bertz CT molecular complexity index is 1820. The molecular weight excluding hydrogens is 680 g/mol. The third-order valence-electron chi connectivity index (χ3n) is 16.2. The number of ether oxygens (including phenoxy) is 1. The van der Waals surface area contributed by atoms with Crippen LogP contribution in [0.5, 0.6) is 0 Å². The predicted octanol–water partition coefficient (Wildman–Crippen LogP) is 8.79. The summed E-state index contributed by atoms with van der Waals surface area (Å²) in [6.07, 6.45) is 10.0. The number of halogens is 1. The van der Waals surface area contributed by atoms with Gasteiger partial charge in [-0.25, -0.2) is 9.18 Å². The minimum atomic E-state index is -0.518. The number of fused-ring (bicyclic) bond motifs is 7. The molecule has 2 aromatic carbocycles. The van der Waals surface area contributed by atoms with Gasteiger partial charge >= 0.3 is 5.97 Å². The highest BCUT2D eigenvalue weighted by molar-refractivity contribution is 5.94. The van der Waals surface area contributed by atoms with E-state index >= 15 is 4.39 Å². The van der Waals surface area contributed by atoms with E-state index in [0.717, 1.165) is 56.9 Å². The van der Waals surface area contributed by atoms with Crippen molar-refractivity contribution in [2.24, 2.45) is 57.2 Å². The van der Waals surface area contributed by atoms with Crippen LogP contribution in [-0.4, -0.2) is 36.1 Å². The fourth-order valence-electron chi connectivity index (χ4n) is 13.6. The van der Waals surface area contributed by atoms with Crippen molar-refractivity contribution in [1.82, 2.24) is 10.6 Å². The van der Waals surface area contributed by atoms with Crippen LogP contribution >= 0.6 is 0 Å². The Hall–Kier alpha value is -3.52. The van der Waals surface area contributed by atoms with Crippen molar-refractivity contribution in [2.45, 2.75) is 118 Å². The lowest BCUT2D eigenvalue weighted by Crippen LogP contribution is -2.64. The second-order valence-electron chi connectivity index (χ2n) is 19.0. The minimum Gasteiger partial charge on any atom is -0.465 e. The molecule has 8 heteroatoms. The normalized spacial score (nSPS) is 36.4. The van der Waals surface area contributed by atoms with Gasteiger partial charge in [-0.2, -0.15) is 0 Å². The minimum absolute atomic E-state index is 0.00837. The molecule has 10 atom stereocenters. The molecule has 0 spiro atoms. The van der Waals surface area contributed by atoms with Gasteiger partial charge in [-0.05, 0) is 159 Å². The lowest BCUT2D eigenvalue weighted by atomic mass is 9.36. The third kappa shape index (κ3) is 6.23. The van der Waals surface area contributed by atoms with Gasteiger partial charge in [0.15, 0.2) is 0 Å². The second-order valence-corrected chi connectivity index (χ2v) is 19.0. The lowest BCUT2D eigenvalue weighted by molar-refractivity contribution is -0.216. The number of esters is 1. The molecule has 0 radical (unpaired) electrons. The number of hydrogen-bond acceptors (Lipinski definition) is 5. The van der Waals surface area contributed by atoms with Crippen LogP contribution in [0.4, 0.5) is 4.39 Å². The topological polar surface area (TPSA) is 105 Å². The van der Waals surface area contributed by atoms with Crippen LogP contribution in [0.2, 0.25) is 0 Å². The van der Waals surface area contributed by atoms with Gasteiger partial charge in [-0.15, -0.1) is 0 Å². The van der Waals surface area contributed by atoms with Crippen molar-refractivity contribution in [3.05, 3.63) is 82.7 Å². The molecule has 292 valence electrons. The summed E-state index contributed by atoms with van der Waals surface area (Å²) in [5.74, 6) is 1.34. The predicted molar refractivity (Wildman–Crippen MR) is 208 cm³/mol. The zero-order valence-electron chi connectivity index (χ0n) is 33.2. The Morgan fingerprint density at radius 1 is 0.852 bits per heavy atom. The first-order chi connectivity index (χ1) is 25.6. The molecule has 0 saturated heterocycles. The van der Waals surface area contributed by atoms with E-state index in [1.807, 2.05) is 0 Å². The number of benzene rings is 2. The van der Waals surface area contributed by atoms with Crippen LogP contribution in [0.3, 0.4) is 0 Å². The molecule has 7 nitrogen and oxygen atoms in total. The molecule has 0 aliphatic heterocycles. The Morgan fingerprint density at radius 3 is 2.33 bits per heavy atom. The smallest absolute Gasteiger partial charge is 0.337 e. The Balaban J connectivity index is 1.07. The first-order valence-corrected chi connectivity index (χ1v) is 20.4. The molecule has 5 saturated carbocycles. The molecule has 0 heterocycles. The number of aliphatic hydroxyl groups excluding tert-OH is 1. The van der Waals surface area contributed by atoms with Gasteiger partial charge in [0.1, 0.15) is 5.82 Å². The average molecular weight is 741 g/mol. The van der Waals surface area contributed by atoms with E-state index in [1.54, 1.807) is 24.3 Å². The SMILES string of the molecule is C=C(C)C1CCC2(C(=O)NCc3cc(C(=O)NCc4cccc(C(=O)OC)c4)ccc3F)CCC3C(CCC4C3(C)CCC3C(C)(C)C(O)CCC34C)C12. The summed E-state index contributed by atoms with van der Waals surface area (Å²) in [6, 6.07) is 11.1. The maximum absolute atomic E-state index is 15.3. The molecule has 54 heavy (non-hydrogen) atoms. The highest BCUT2D eigenvalue weighted by atomic mass is 19.1. The maximum Gasteiger partial charge on any atom is 0.337 e. The van der Waals surface area contributed by atoms with Crippen LogP contribution in [0.25, 0.3) is 0 Å². The van der Waals surface area contributed by atoms with Gasteiger partial charge in [0.25, 0.3) is 5.91 Å². The number of hydrogen-bond donors (Lipinski definition) is 3. The van der Waals surface area contributed by atoms with Crippen molar-refractivity contribution in [3.8, 4) is 0 Å². The Kier molecular flexibility index (Phi) is 10.2. The second kappa shape index (κ2) is 14.2. The number of rotatable bonds is 8. The van der Waals surface area contributed by atoms with Gasteiger partial charge in [0.05, 0.1) is 24.2 Å². The van der Waals surface area contributed by atoms with Crippen LogP contribution in [0, 0.1) is 63.0 Å². The number of allylic oxidation sites excluding steroid dienone is 1. The summed E-state index contributed by atoms with van der Waals surface area (Å²) in [4.78, 5) is 39.7. The highest BCUT2D eigenvalue weighted by Gasteiger charge is 2.68. The molecule has 0 bridgehead atoms. The zero-order valence-corrected chi connectivity index (χ0v) is 33.2. The van der Waals surface area contributed by atoms with Crippen molar-refractivity contribution < 1.29 is 28.6 Å². The number of methoxy groups -OCH3 is 1. The summed E-state index contributed by atoms with van der Waals surface area (Å²) in [5.41, 5.74) is 2.68. The van der Waals surface area contributed by atoms with E-state index in [1.165, 1.54) is 43.7 Å². The molecule has 0 aromatic heterocycles. The summed E-state index contributed by atoms with van der Waals surface area (Å²) in [5, 5.41) is 17.1. The summed E-state index contributed by atoms with van der Waals surface area (Å²) in [6.45, 7) is 16.5. The van der Waals surface area contributed by atoms with E-state index in [-0.39, 0.29) is 64.7 Å². The number of amides is 2. The Morgan fingerprint density at radius 2 is 1.59 bits per heavy atom. The maximum atomic E-state index is 15.3. The molecule has 3 N–H and O–H groups in total. The van der Waals surface area contributed by atoms with Gasteiger partial charge in [0, 0.05) is 24.2 Å². The van der Waals surface area contributed by atoms with Crippen LogP contribution in [0.15, 0.2) is 54.6 Å². The van der Waals surface area contributed by atoms with E-state index in [2.05, 4.69) is 51.8 Å². The van der Waals surface area contributed by atoms with Crippen molar-refractivity contribution in [2.75, 3.05) is 7.11 Å². The average Bonchev–Trinajstić information content (AvgIpc) is 3.57. The molecule has 2 amide bonds. The Labute approximate surface area is 321 Å². The van der Waals surface area contributed by atoms with E-state index in [4.69, 9.17) is 4.74 Å². The zero-order chi connectivity index (χ0) is 38.8. The molecule has 2 aromatic rings. The highest BCUT2D eigenvalue weighted by Crippen LogP contribution is 2.73. The van der Waals surface area contributed by atoms with Gasteiger partial charge in [-0.3, -0.25) is 9.59 Å². The quantitative estimate of drug-likeness (QED) is 0.186. The van der Waals surface area contributed by atoms with Gasteiger partial charge < -0.3 is 20.5 Å². The van der Waals surface area contributed by atoms with E-state index in [0.29, 0.717) is 34.8 Å². The lowest BCUT2D eigenvalue weighted by Gasteiger charge is -2.69. The van der Waals surface area contributed by atoms with Crippen LogP contribution in [0.1, 0.15) is 131 Å². The molecule has 5 aliphatic carbocycles. The van der Waals surface area contributed by atoms with Crippen molar-refractivity contribution >= 4 is 17.8 Å². The number of carbonyl (C=O) groups excluding carboxylic acids is 3. The van der Waals surface area contributed by atoms with Crippen LogP contribution in [-0.2, 0) is 22.6 Å². The molecule has 10 unspecified atom stereocenters. The van der Waals surface area contributed by atoms with Crippen molar-refractivity contribution in [1.29, 1.82) is 0 Å². The number of carbonyl (C=O) groups is 3. The first kappa shape index (κ1) is 38.7. The van der Waals surface area contributed by atoms with E-state index in [9.17, 15) is 19.5 Å². The summed E-state index contributed by atoms with van der Waals surface area (Å²) in [7, 11) is 1.32. The number of nitrogens with one attached hydrogen (secondary N) is 2. The first-order valence-electron chi connectivity index (χ1n) is 20.4. The standard InChI is InChI=1S/C46H61FN2O5/c1-27(2)32-15-21-46(22-16-34-33(39(32)46)12-14-37-44(34,5)19-17-36-43(3,4)38(50)18-20-45(36,37)6)42(53)49-26-31-24-29(11-13-35(31)47)40(51)48-25-28-9-8-10-30(23-28)41(52)54-7/h8-11,13,23-24,32-34,36-39,50H,1,12,14-22,25-26H2,2-7H3,(H,48,51)(H,49,53).